The Morgan fingerprint density at radius 2 is 2.31 bits per heavy atom. The lowest BCUT2D eigenvalue weighted by molar-refractivity contribution is -0.191. The molecule has 2 saturated heterocycles. The van der Waals surface area contributed by atoms with Crippen LogP contribution in [-0.4, -0.2) is 43.3 Å². The van der Waals surface area contributed by atoms with Crippen LogP contribution in [0.15, 0.2) is 18.3 Å². The molecular formula is C12H16N2O2. The second-order valence-electron chi connectivity index (χ2n) is 4.81. The first-order valence-electron chi connectivity index (χ1n) is 5.59. The van der Waals surface area contributed by atoms with E-state index < -0.39 is 0 Å². The highest BCUT2D eigenvalue weighted by Crippen LogP contribution is 2.38. The van der Waals surface area contributed by atoms with Gasteiger partial charge >= 0.3 is 0 Å². The first-order chi connectivity index (χ1) is 7.81. The van der Waals surface area contributed by atoms with E-state index in [0.29, 0.717) is 5.41 Å². The van der Waals surface area contributed by atoms with Gasteiger partial charge in [-0.15, -0.1) is 0 Å². The first-order valence-corrected chi connectivity index (χ1v) is 5.59. The summed E-state index contributed by atoms with van der Waals surface area (Å²) in [4.78, 5) is 6.62. The van der Waals surface area contributed by atoms with Crippen LogP contribution >= 0.6 is 0 Å². The topological polar surface area (TPSA) is 34.6 Å². The Kier molecular flexibility index (Phi) is 2.33. The molecule has 0 radical (unpaired) electrons. The van der Waals surface area contributed by atoms with Crippen LogP contribution in [-0.2, 0) is 11.3 Å². The number of pyridine rings is 1. The molecule has 0 amide bonds. The third kappa shape index (κ3) is 1.58. The lowest BCUT2D eigenvalue weighted by Crippen LogP contribution is -2.65. The standard InChI is InChI=1S/C12H16N2O2/c1-15-11-10(3-2-4-13-11)5-14-6-12(7-14)8-16-9-12/h2-4H,5-9H2,1H3. The van der Waals surface area contributed by atoms with Crippen molar-refractivity contribution in [3.05, 3.63) is 23.9 Å². The monoisotopic (exact) mass is 220 g/mol. The van der Waals surface area contributed by atoms with Gasteiger partial charge in [-0.2, -0.15) is 0 Å². The Morgan fingerprint density at radius 3 is 2.94 bits per heavy atom. The number of ether oxygens (including phenoxy) is 2. The van der Waals surface area contributed by atoms with Crippen molar-refractivity contribution in [2.75, 3.05) is 33.4 Å². The van der Waals surface area contributed by atoms with E-state index in [9.17, 15) is 0 Å². The summed E-state index contributed by atoms with van der Waals surface area (Å²) in [5.74, 6) is 0.744. The van der Waals surface area contributed by atoms with Crippen molar-refractivity contribution in [1.29, 1.82) is 0 Å². The predicted molar refractivity (Wildman–Crippen MR) is 59.3 cm³/mol. The van der Waals surface area contributed by atoms with Crippen molar-refractivity contribution in [1.82, 2.24) is 9.88 Å². The Balaban J connectivity index is 1.62. The summed E-state index contributed by atoms with van der Waals surface area (Å²) < 4.78 is 10.5. The molecule has 86 valence electrons. The Labute approximate surface area is 95.2 Å². The second kappa shape index (κ2) is 3.71. The van der Waals surface area contributed by atoms with Gasteiger partial charge in [0.2, 0.25) is 5.88 Å². The van der Waals surface area contributed by atoms with Crippen LogP contribution in [0.2, 0.25) is 0 Å². The zero-order valence-corrected chi connectivity index (χ0v) is 9.48. The number of nitrogens with zero attached hydrogens (tertiary/aromatic N) is 2. The van der Waals surface area contributed by atoms with Gasteiger partial charge in [-0.05, 0) is 6.07 Å². The van der Waals surface area contributed by atoms with E-state index in [-0.39, 0.29) is 0 Å². The van der Waals surface area contributed by atoms with Crippen LogP contribution in [0.4, 0.5) is 0 Å². The summed E-state index contributed by atoms with van der Waals surface area (Å²) in [5.41, 5.74) is 1.65. The molecule has 2 aliphatic heterocycles. The first kappa shape index (κ1) is 10.1. The molecule has 0 aliphatic carbocycles. The number of hydrogen-bond donors (Lipinski definition) is 0. The molecule has 1 spiro atoms. The van der Waals surface area contributed by atoms with Crippen molar-refractivity contribution in [3.8, 4) is 5.88 Å². The molecule has 1 aromatic heterocycles. The fourth-order valence-corrected chi connectivity index (χ4v) is 2.56. The summed E-state index contributed by atoms with van der Waals surface area (Å²) in [6, 6.07) is 4.04. The molecule has 0 aromatic carbocycles. The maximum absolute atomic E-state index is 5.26. The zero-order chi connectivity index (χ0) is 11.0. The van der Waals surface area contributed by atoms with Gasteiger partial charge < -0.3 is 9.47 Å². The quantitative estimate of drug-likeness (QED) is 0.758. The molecule has 3 rings (SSSR count). The van der Waals surface area contributed by atoms with Crippen LogP contribution in [0.1, 0.15) is 5.56 Å². The van der Waals surface area contributed by atoms with Crippen molar-refractivity contribution in [3.63, 3.8) is 0 Å². The van der Waals surface area contributed by atoms with Crippen LogP contribution in [0, 0.1) is 5.41 Å². The number of rotatable bonds is 3. The Morgan fingerprint density at radius 1 is 1.50 bits per heavy atom. The molecule has 0 unspecified atom stereocenters. The van der Waals surface area contributed by atoms with Crippen molar-refractivity contribution in [2.24, 2.45) is 5.41 Å². The fraction of sp³-hybridized carbons (Fsp3) is 0.583. The maximum atomic E-state index is 5.26. The molecule has 0 N–H and O–H groups in total. The van der Waals surface area contributed by atoms with E-state index in [1.54, 1.807) is 13.3 Å². The van der Waals surface area contributed by atoms with Gasteiger partial charge in [0.1, 0.15) is 0 Å². The third-order valence-electron chi connectivity index (χ3n) is 3.37. The summed E-state index contributed by atoms with van der Waals surface area (Å²) in [7, 11) is 1.67. The van der Waals surface area contributed by atoms with E-state index in [0.717, 1.165) is 38.7 Å². The highest BCUT2D eigenvalue weighted by molar-refractivity contribution is 5.25. The summed E-state index contributed by atoms with van der Waals surface area (Å²) in [5, 5.41) is 0. The average molecular weight is 220 g/mol. The molecule has 0 atom stereocenters. The molecule has 0 saturated carbocycles. The van der Waals surface area contributed by atoms with E-state index in [1.807, 2.05) is 6.07 Å². The normalized spacial score (nSPS) is 22.6. The lowest BCUT2D eigenvalue weighted by atomic mass is 9.78. The predicted octanol–water partition coefficient (Wildman–Crippen LogP) is 0.922. The minimum absolute atomic E-state index is 0.482. The van der Waals surface area contributed by atoms with Crippen molar-refractivity contribution in [2.45, 2.75) is 6.54 Å². The van der Waals surface area contributed by atoms with Gasteiger partial charge in [0.05, 0.1) is 20.3 Å². The molecule has 16 heavy (non-hydrogen) atoms. The van der Waals surface area contributed by atoms with E-state index in [2.05, 4.69) is 16.0 Å². The molecule has 2 fully saturated rings. The third-order valence-corrected chi connectivity index (χ3v) is 3.37. The fourth-order valence-electron chi connectivity index (χ4n) is 2.56. The SMILES string of the molecule is COc1ncccc1CN1CC2(COC2)C1. The Hall–Kier alpha value is -1.13. The van der Waals surface area contributed by atoms with E-state index in [4.69, 9.17) is 9.47 Å². The molecular weight excluding hydrogens is 204 g/mol. The molecule has 0 bridgehead atoms. The lowest BCUT2D eigenvalue weighted by Gasteiger charge is -2.55. The summed E-state index contributed by atoms with van der Waals surface area (Å²) in [6.07, 6.45) is 1.76. The molecule has 4 heteroatoms. The molecule has 1 aromatic rings. The average Bonchev–Trinajstić information content (AvgIpc) is 2.20. The largest absolute Gasteiger partial charge is 0.481 e. The number of aromatic nitrogens is 1. The van der Waals surface area contributed by atoms with E-state index in [1.165, 1.54) is 5.56 Å². The highest BCUT2D eigenvalue weighted by atomic mass is 16.5. The Bertz CT molecular complexity index is 382. The van der Waals surface area contributed by atoms with Gasteiger partial charge in [-0.25, -0.2) is 4.98 Å². The van der Waals surface area contributed by atoms with Crippen LogP contribution in [0.25, 0.3) is 0 Å². The van der Waals surface area contributed by atoms with Crippen molar-refractivity contribution >= 4 is 0 Å². The van der Waals surface area contributed by atoms with Gasteiger partial charge in [0.15, 0.2) is 0 Å². The van der Waals surface area contributed by atoms with E-state index >= 15 is 0 Å². The summed E-state index contributed by atoms with van der Waals surface area (Å²) >= 11 is 0. The maximum Gasteiger partial charge on any atom is 0.217 e. The van der Waals surface area contributed by atoms with Crippen LogP contribution < -0.4 is 4.74 Å². The van der Waals surface area contributed by atoms with Gasteiger partial charge in [0, 0.05) is 36.8 Å². The van der Waals surface area contributed by atoms with Gasteiger partial charge in [-0.1, -0.05) is 6.07 Å². The number of hydrogen-bond acceptors (Lipinski definition) is 4. The molecule has 4 nitrogen and oxygen atoms in total. The minimum Gasteiger partial charge on any atom is -0.481 e. The highest BCUT2D eigenvalue weighted by Gasteiger charge is 2.48. The van der Waals surface area contributed by atoms with Crippen molar-refractivity contribution < 1.29 is 9.47 Å². The van der Waals surface area contributed by atoms with Gasteiger partial charge in [0.25, 0.3) is 0 Å². The second-order valence-corrected chi connectivity index (χ2v) is 4.81. The van der Waals surface area contributed by atoms with Gasteiger partial charge in [-0.3, -0.25) is 4.90 Å². The van der Waals surface area contributed by atoms with Crippen LogP contribution in [0.3, 0.4) is 0 Å². The number of likely N-dealkylation sites (tertiary alicyclic amines) is 1. The summed E-state index contributed by atoms with van der Waals surface area (Å²) in [6.45, 7) is 5.09. The zero-order valence-electron chi connectivity index (χ0n) is 9.48. The minimum atomic E-state index is 0.482. The van der Waals surface area contributed by atoms with Crippen LogP contribution in [0.5, 0.6) is 5.88 Å². The smallest absolute Gasteiger partial charge is 0.217 e. The molecule has 3 heterocycles. The molecule has 2 aliphatic rings. The number of methoxy groups -OCH3 is 1.